The molecule has 1 aliphatic rings. The van der Waals surface area contributed by atoms with Crippen LogP contribution in [0.5, 0.6) is 0 Å². The van der Waals surface area contributed by atoms with E-state index in [9.17, 15) is 4.21 Å². The Hall–Kier alpha value is -0.750. The molecule has 2 atom stereocenters. The summed E-state index contributed by atoms with van der Waals surface area (Å²) >= 11 is 0. The van der Waals surface area contributed by atoms with Crippen molar-refractivity contribution in [2.75, 3.05) is 26.3 Å². The molecule has 1 aliphatic heterocycles. The largest absolute Gasteiger partial charge is 0.394 e. The van der Waals surface area contributed by atoms with Crippen LogP contribution in [0.4, 0.5) is 0 Å². The number of aliphatic hydroxyl groups is 1. The minimum atomic E-state index is -1.16. The Bertz CT molecular complexity index is 393. The van der Waals surface area contributed by atoms with Gasteiger partial charge in [-0.25, -0.2) is 8.51 Å². The smallest absolute Gasteiger partial charge is 0.127 e. The molecule has 0 radical (unpaired) electrons. The molecular formula is C12H17NO3S. The standard InChI is InChI=1S/C12H17NO3S/c1-10-2-4-12(5-3-10)17(15)13-6-7-16-11(8-13)9-14/h2-5,11,14H,6-9H2,1H3/t11-,17?/m1/s1. The van der Waals surface area contributed by atoms with Crippen molar-refractivity contribution in [2.24, 2.45) is 0 Å². The second-order valence-corrected chi connectivity index (χ2v) is 5.61. The maximum atomic E-state index is 12.3. The van der Waals surface area contributed by atoms with E-state index in [0.717, 1.165) is 10.5 Å². The molecule has 4 nitrogen and oxygen atoms in total. The van der Waals surface area contributed by atoms with E-state index in [0.29, 0.717) is 19.7 Å². The fourth-order valence-electron chi connectivity index (χ4n) is 1.76. The zero-order chi connectivity index (χ0) is 12.3. The predicted molar refractivity (Wildman–Crippen MR) is 66.0 cm³/mol. The average Bonchev–Trinajstić information content (AvgIpc) is 2.39. The minimum Gasteiger partial charge on any atom is -0.394 e. The molecule has 17 heavy (non-hydrogen) atoms. The Morgan fingerprint density at radius 2 is 2.18 bits per heavy atom. The van der Waals surface area contributed by atoms with E-state index in [1.54, 1.807) is 0 Å². The van der Waals surface area contributed by atoms with Crippen molar-refractivity contribution in [2.45, 2.75) is 17.9 Å². The van der Waals surface area contributed by atoms with Gasteiger partial charge < -0.3 is 9.84 Å². The molecule has 1 heterocycles. The molecule has 1 N–H and O–H groups in total. The van der Waals surface area contributed by atoms with Gasteiger partial charge in [0, 0.05) is 13.1 Å². The van der Waals surface area contributed by atoms with Crippen LogP contribution in [0.3, 0.4) is 0 Å². The topological polar surface area (TPSA) is 49.8 Å². The molecule has 0 spiro atoms. The lowest BCUT2D eigenvalue weighted by Crippen LogP contribution is -2.44. The third-order valence-corrected chi connectivity index (χ3v) is 4.24. The summed E-state index contributed by atoms with van der Waals surface area (Å²) < 4.78 is 19.5. The summed E-state index contributed by atoms with van der Waals surface area (Å²) in [5.74, 6) is 0. The average molecular weight is 255 g/mol. The van der Waals surface area contributed by atoms with Crippen molar-refractivity contribution in [3.63, 3.8) is 0 Å². The van der Waals surface area contributed by atoms with Crippen LogP contribution < -0.4 is 0 Å². The summed E-state index contributed by atoms with van der Waals surface area (Å²) in [6, 6.07) is 7.68. The Labute approximate surface area is 104 Å². The van der Waals surface area contributed by atoms with E-state index in [4.69, 9.17) is 9.84 Å². The highest BCUT2D eigenvalue weighted by Gasteiger charge is 2.24. The lowest BCUT2D eigenvalue weighted by atomic mass is 10.2. The summed E-state index contributed by atoms with van der Waals surface area (Å²) in [6.45, 7) is 3.64. The van der Waals surface area contributed by atoms with Gasteiger partial charge in [0.15, 0.2) is 0 Å². The predicted octanol–water partition coefficient (Wildman–Crippen LogP) is 0.711. The maximum Gasteiger partial charge on any atom is 0.127 e. The maximum absolute atomic E-state index is 12.3. The number of morpholine rings is 1. The van der Waals surface area contributed by atoms with Crippen LogP contribution >= 0.6 is 0 Å². The van der Waals surface area contributed by atoms with Gasteiger partial charge in [0.25, 0.3) is 0 Å². The van der Waals surface area contributed by atoms with Crippen LogP contribution in [0.1, 0.15) is 5.56 Å². The molecule has 0 aliphatic carbocycles. The van der Waals surface area contributed by atoms with E-state index >= 15 is 0 Å². The van der Waals surface area contributed by atoms with E-state index in [1.165, 1.54) is 0 Å². The van der Waals surface area contributed by atoms with Gasteiger partial charge in [-0.15, -0.1) is 0 Å². The first kappa shape index (κ1) is 12.7. The third-order valence-electron chi connectivity index (χ3n) is 2.76. The first-order valence-electron chi connectivity index (χ1n) is 5.66. The first-order chi connectivity index (χ1) is 8.20. The van der Waals surface area contributed by atoms with Crippen LogP contribution in [0.25, 0.3) is 0 Å². The van der Waals surface area contributed by atoms with Gasteiger partial charge in [0.1, 0.15) is 11.0 Å². The van der Waals surface area contributed by atoms with Gasteiger partial charge in [0.05, 0.1) is 24.2 Å². The van der Waals surface area contributed by atoms with Crippen LogP contribution in [0.2, 0.25) is 0 Å². The number of aryl methyl sites for hydroxylation is 1. The van der Waals surface area contributed by atoms with E-state index in [1.807, 2.05) is 35.5 Å². The summed E-state index contributed by atoms with van der Waals surface area (Å²) in [5.41, 5.74) is 1.15. The number of benzene rings is 1. The number of aliphatic hydroxyl groups excluding tert-OH is 1. The van der Waals surface area contributed by atoms with Gasteiger partial charge in [-0.1, -0.05) is 17.7 Å². The molecule has 0 saturated carbocycles. The first-order valence-corrected chi connectivity index (χ1v) is 6.77. The molecule has 94 valence electrons. The molecule has 2 rings (SSSR count). The van der Waals surface area contributed by atoms with Crippen molar-refractivity contribution in [3.05, 3.63) is 29.8 Å². The molecule has 1 aromatic carbocycles. The normalized spacial score (nSPS) is 23.5. The molecule has 1 unspecified atom stereocenters. The van der Waals surface area contributed by atoms with Crippen LogP contribution in [0.15, 0.2) is 29.2 Å². The van der Waals surface area contributed by atoms with Gasteiger partial charge >= 0.3 is 0 Å². The zero-order valence-electron chi connectivity index (χ0n) is 9.83. The number of rotatable bonds is 3. The molecule has 5 heteroatoms. The highest BCUT2D eigenvalue weighted by atomic mass is 32.2. The van der Waals surface area contributed by atoms with Crippen molar-refractivity contribution in [1.82, 2.24) is 4.31 Å². The van der Waals surface area contributed by atoms with Gasteiger partial charge in [-0.3, -0.25) is 0 Å². The summed E-state index contributed by atoms with van der Waals surface area (Å²) in [5, 5.41) is 9.05. The molecule has 1 fully saturated rings. The summed E-state index contributed by atoms with van der Waals surface area (Å²) in [7, 11) is -1.16. The van der Waals surface area contributed by atoms with E-state index < -0.39 is 11.0 Å². The van der Waals surface area contributed by atoms with Crippen molar-refractivity contribution >= 4 is 11.0 Å². The number of ether oxygens (including phenoxy) is 1. The highest BCUT2D eigenvalue weighted by molar-refractivity contribution is 7.82. The molecule has 0 bridgehead atoms. The van der Waals surface area contributed by atoms with Gasteiger partial charge in [-0.2, -0.15) is 0 Å². The SMILES string of the molecule is Cc1ccc(S(=O)N2CCO[C@@H](CO)C2)cc1. The van der Waals surface area contributed by atoms with Gasteiger partial charge in [-0.05, 0) is 19.1 Å². The Morgan fingerprint density at radius 1 is 1.47 bits per heavy atom. The highest BCUT2D eigenvalue weighted by Crippen LogP contribution is 2.15. The quantitative estimate of drug-likeness (QED) is 0.865. The summed E-state index contributed by atoms with van der Waals surface area (Å²) in [4.78, 5) is 0.800. The van der Waals surface area contributed by atoms with Gasteiger partial charge in [0.2, 0.25) is 0 Å². The number of hydrogen-bond acceptors (Lipinski definition) is 3. The molecular weight excluding hydrogens is 238 g/mol. The zero-order valence-corrected chi connectivity index (χ0v) is 10.7. The van der Waals surface area contributed by atoms with Crippen molar-refractivity contribution < 1.29 is 14.1 Å². The van der Waals surface area contributed by atoms with Crippen molar-refractivity contribution in [1.29, 1.82) is 0 Å². The molecule has 0 amide bonds. The number of hydrogen-bond donors (Lipinski definition) is 1. The van der Waals surface area contributed by atoms with E-state index in [2.05, 4.69) is 0 Å². The lowest BCUT2D eigenvalue weighted by molar-refractivity contribution is -0.0293. The second-order valence-electron chi connectivity index (χ2n) is 4.13. The van der Waals surface area contributed by atoms with E-state index in [-0.39, 0.29) is 12.7 Å². The Kier molecular flexibility index (Phi) is 4.28. The minimum absolute atomic E-state index is 0.0262. The van der Waals surface area contributed by atoms with Crippen LogP contribution in [-0.2, 0) is 15.7 Å². The summed E-state index contributed by atoms with van der Waals surface area (Å²) in [6.07, 6.45) is -0.224. The second kappa shape index (κ2) is 5.73. The Balaban J connectivity index is 2.06. The van der Waals surface area contributed by atoms with Crippen molar-refractivity contribution in [3.8, 4) is 0 Å². The Morgan fingerprint density at radius 3 is 2.82 bits per heavy atom. The van der Waals surface area contributed by atoms with Crippen LogP contribution in [-0.4, -0.2) is 46.0 Å². The fraction of sp³-hybridized carbons (Fsp3) is 0.500. The molecule has 0 aromatic heterocycles. The molecule has 1 saturated heterocycles. The molecule has 1 aromatic rings. The lowest BCUT2D eigenvalue weighted by Gasteiger charge is -2.30. The number of nitrogens with zero attached hydrogens (tertiary/aromatic N) is 1. The van der Waals surface area contributed by atoms with Crippen LogP contribution in [0, 0.1) is 6.92 Å². The monoisotopic (exact) mass is 255 g/mol. The third kappa shape index (κ3) is 3.13. The fourth-order valence-corrected chi connectivity index (χ4v) is 2.97.